The predicted molar refractivity (Wildman–Crippen MR) is 167 cm³/mol. The highest BCUT2D eigenvalue weighted by molar-refractivity contribution is 9.10. The molecule has 0 bridgehead atoms. The first kappa shape index (κ1) is 28.4. The van der Waals surface area contributed by atoms with Crippen molar-refractivity contribution in [3.05, 3.63) is 124 Å². The van der Waals surface area contributed by atoms with E-state index < -0.39 is 0 Å². The number of anilines is 1. The minimum Gasteiger partial charge on any atom is -0.493 e. The van der Waals surface area contributed by atoms with E-state index in [-0.39, 0.29) is 5.91 Å². The molecule has 41 heavy (non-hydrogen) atoms. The molecule has 1 saturated heterocycles. The molecule has 7 nitrogen and oxygen atoms in total. The lowest BCUT2D eigenvalue weighted by Gasteiger charge is -2.36. The fourth-order valence-corrected chi connectivity index (χ4v) is 5.31. The Kier molecular flexibility index (Phi) is 9.67. The zero-order valence-electron chi connectivity index (χ0n) is 23.0. The van der Waals surface area contributed by atoms with Crippen molar-refractivity contribution >= 4 is 33.7 Å². The molecule has 1 heterocycles. The van der Waals surface area contributed by atoms with Crippen molar-refractivity contribution in [3.63, 3.8) is 0 Å². The van der Waals surface area contributed by atoms with Crippen molar-refractivity contribution in [2.24, 2.45) is 5.10 Å². The summed E-state index contributed by atoms with van der Waals surface area (Å²) in [7, 11) is 1.59. The first-order valence-corrected chi connectivity index (χ1v) is 14.4. The molecule has 0 unspecified atom stereocenters. The smallest absolute Gasteiger partial charge is 0.271 e. The highest BCUT2D eigenvalue weighted by atomic mass is 79.9. The molecule has 4 aromatic rings. The minimum atomic E-state index is -0.266. The molecule has 0 radical (unpaired) electrons. The van der Waals surface area contributed by atoms with Gasteiger partial charge < -0.3 is 14.4 Å². The van der Waals surface area contributed by atoms with Crippen LogP contribution < -0.4 is 19.8 Å². The number of methoxy groups -OCH3 is 1. The molecule has 5 rings (SSSR count). The van der Waals surface area contributed by atoms with Crippen molar-refractivity contribution in [2.45, 2.75) is 13.2 Å². The number of rotatable bonds is 10. The number of carbonyl (C=O) groups excluding carboxylic acids is 1. The molecule has 4 aromatic carbocycles. The zero-order valence-corrected chi connectivity index (χ0v) is 24.6. The fraction of sp³-hybridized carbons (Fsp3) is 0.212. The number of nitrogens with one attached hydrogen (secondary N) is 1. The van der Waals surface area contributed by atoms with Gasteiger partial charge >= 0.3 is 0 Å². The Morgan fingerprint density at radius 1 is 0.902 bits per heavy atom. The molecule has 210 valence electrons. The standard InChI is InChI=1S/C33H33BrN4O3/c1-40-31-21-27(20-30(34)32(31)41-24-26-8-4-2-5-9-26)22-35-36-33(39)28-14-12-25(13-15-28)23-37-16-18-38(19-17-37)29-10-6-3-7-11-29/h2-15,20-22H,16-19,23-24H2,1H3,(H,36,39)/b35-22+. The van der Waals surface area contributed by atoms with Crippen molar-refractivity contribution in [1.82, 2.24) is 10.3 Å². The number of ether oxygens (including phenoxy) is 2. The van der Waals surface area contributed by atoms with E-state index in [1.807, 2.05) is 66.7 Å². The van der Waals surface area contributed by atoms with Crippen LogP contribution in [0.15, 0.2) is 107 Å². The van der Waals surface area contributed by atoms with Gasteiger partial charge in [-0.3, -0.25) is 9.69 Å². The Morgan fingerprint density at radius 3 is 2.27 bits per heavy atom. The second-order valence-electron chi connectivity index (χ2n) is 9.80. The van der Waals surface area contributed by atoms with Crippen LogP contribution in [0.4, 0.5) is 5.69 Å². The fourth-order valence-electron chi connectivity index (χ4n) is 4.74. The van der Waals surface area contributed by atoms with Gasteiger partial charge in [-0.1, -0.05) is 60.7 Å². The minimum absolute atomic E-state index is 0.266. The van der Waals surface area contributed by atoms with Gasteiger partial charge in [0.25, 0.3) is 5.91 Å². The van der Waals surface area contributed by atoms with Crippen LogP contribution in [0, 0.1) is 0 Å². The van der Waals surface area contributed by atoms with Crippen LogP contribution in [0.5, 0.6) is 11.5 Å². The predicted octanol–water partition coefficient (Wildman–Crippen LogP) is 6.12. The van der Waals surface area contributed by atoms with Gasteiger partial charge in [0.15, 0.2) is 11.5 Å². The van der Waals surface area contributed by atoms with E-state index >= 15 is 0 Å². The topological polar surface area (TPSA) is 66.4 Å². The Labute approximate surface area is 249 Å². The third-order valence-electron chi connectivity index (χ3n) is 6.97. The normalized spacial score (nSPS) is 13.8. The van der Waals surface area contributed by atoms with E-state index in [1.54, 1.807) is 13.3 Å². The lowest BCUT2D eigenvalue weighted by molar-refractivity contribution is 0.0955. The Balaban J connectivity index is 1.12. The average molecular weight is 614 g/mol. The summed E-state index contributed by atoms with van der Waals surface area (Å²) in [6.45, 7) is 5.32. The van der Waals surface area contributed by atoms with Crippen LogP contribution in [0.1, 0.15) is 27.0 Å². The maximum atomic E-state index is 12.7. The molecule has 0 aliphatic carbocycles. The SMILES string of the molecule is COc1cc(/C=N/NC(=O)c2ccc(CN3CCN(c4ccccc4)CC3)cc2)cc(Br)c1OCc1ccccc1. The Hall–Kier alpha value is -4.14. The molecule has 0 aromatic heterocycles. The van der Waals surface area contributed by atoms with E-state index in [0.717, 1.165) is 48.3 Å². The molecule has 0 atom stereocenters. The van der Waals surface area contributed by atoms with Gasteiger partial charge in [-0.15, -0.1) is 0 Å². The summed E-state index contributed by atoms with van der Waals surface area (Å²) in [5.41, 5.74) is 7.45. The number of piperazine rings is 1. The molecule has 1 fully saturated rings. The number of hydrazone groups is 1. The summed E-state index contributed by atoms with van der Waals surface area (Å²) < 4.78 is 12.3. The maximum Gasteiger partial charge on any atom is 0.271 e. The number of hydrogen-bond donors (Lipinski definition) is 1. The Morgan fingerprint density at radius 2 is 1.59 bits per heavy atom. The number of para-hydroxylation sites is 1. The second-order valence-corrected chi connectivity index (χ2v) is 10.7. The van der Waals surface area contributed by atoms with Gasteiger partial charge in [-0.05, 0) is 69.0 Å². The van der Waals surface area contributed by atoms with E-state index in [4.69, 9.17) is 9.47 Å². The highest BCUT2D eigenvalue weighted by Gasteiger charge is 2.17. The number of hydrogen-bond acceptors (Lipinski definition) is 6. The maximum absolute atomic E-state index is 12.7. The second kappa shape index (κ2) is 14.0. The van der Waals surface area contributed by atoms with Crippen LogP contribution in [0.25, 0.3) is 0 Å². The largest absolute Gasteiger partial charge is 0.493 e. The van der Waals surface area contributed by atoms with Crippen LogP contribution in [-0.4, -0.2) is 50.3 Å². The monoisotopic (exact) mass is 612 g/mol. The third kappa shape index (κ3) is 7.74. The zero-order chi connectivity index (χ0) is 28.4. The number of carbonyl (C=O) groups is 1. The van der Waals surface area contributed by atoms with E-state index in [9.17, 15) is 4.79 Å². The highest BCUT2D eigenvalue weighted by Crippen LogP contribution is 2.36. The van der Waals surface area contributed by atoms with Gasteiger partial charge in [0, 0.05) is 44.0 Å². The quantitative estimate of drug-likeness (QED) is 0.173. The number of nitrogens with zero attached hydrogens (tertiary/aromatic N) is 3. The van der Waals surface area contributed by atoms with Gasteiger partial charge in [-0.25, -0.2) is 5.43 Å². The van der Waals surface area contributed by atoms with Crippen molar-refractivity contribution in [3.8, 4) is 11.5 Å². The van der Waals surface area contributed by atoms with Crippen molar-refractivity contribution in [2.75, 3.05) is 38.2 Å². The molecule has 8 heteroatoms. The molecule has 1 N–H and O–H groups in total. The summed E-state index contributed by atoms with van der Waals surface area (Å²) in [4.78, 5) is 17.5. The van der Waals surface area contributed by atoms with Gasteiger partial charge in [0.2, 0.25) is 0 Å². The van der Waals surface area contributed by atoms with Gasteiger partial charge in [0.05, 0.1) is 17.8 Å². The Bertz CT molecular complexity index is 1460. The third-order valence-corrected chi connectivity index (χ3v) is 7.56. The summed E-state index contributed by atoms with van der Waals surface area (Å²) in [5, 5.41) is 4.15. The van der Waals surface area contributed by atoms with Gasteiger partial charge in [-0.2, -0.15) is 5.10 Å². The molecule has 0 saturated carbocycles. The summed E-state index contributed by atoms with van der Waals surface area (Å²) in [6.07, 6.45) is 1.58. The van der Waals surface area contributed by atoms with E-state index in [1.165, 1.54) is 11.3 Å². The number of benzene rings is 4. The summed E-state index contributed by atoms with van der Waals surface area (Å²) in [5.74, 6) is 0.911. The van der Waals surface area contributed by atoms with Crippen molar-refractivity contribution < 1.29 is 14.3 Å². The lowest BCUT2D eigenvalue weighted by atomic mass is 10.1. The van der Waals surface area contributed by atoms with Gasteiger partial charge in [0.1, 0.15) is 6.61 Å². The molecule has 0 spiro atoms. The molecule has 1 amide bonds. The molecule has 1 aliphatic heterocycles. The molecular formula is C33H33BrN4O3. The molecular weight excluding hydrogens is 580 g/mol. The summed E-state index contributed by atoms with van der Waals surface area (Å²) >= 11 is 3.57. The van der Waals surface area contributed by atoms with E-state index in [2.05, 4.69) is 66.6 Å². The van der Waals surface area contributed by atoms with Crippen LogP contribution >= 0.6 is 15.9 Å². The van der Waals surface area contributed by atoms with Crippen molar-refractivity contribution in [1.29, 1.82) is 0 Å². The average Bonchev–Trinajstić information content (AvgIpc) is 3.02. The number of amides is 1. The molecule has 1 aliphatic rings. The first-order chi connectivity index (χ1) is 20.1. The number of halogens is 1. The summed E-state index contributed by atoms with van der Waals surface area (Å²) in [6, 6.07) is 31.9. The van der Waals surface area contributed by atoms with E-state index in [0.29, 0.717) is 23.7 Å². The van der Waals surface area contributed by atoms with Crippen LogP contribution in [0.2, 0.25) is 0 Å². The lowest BCUT2D eigenvalue weighted by Crippen LogP contribution is -2.45. The van der Waals surface area contributed by atoms with Crippen LogP contribution in [0.3, 0.4) is 0 Å². The van der Waals surface area contributed by atoms with Crippen LogP contribution in [-0.2, 0) is 13.2 Å². The first-order valence-electron chi connectivity index (χ1n) is 13.6.